The van der Waals surface area contributed by atoms with Crippen LogP contribution in [0.15, 0.2) is 41.0 Å². The van der Waals surface area contributed by atoms with E-state index in [0.717, 1.165) is 5.69 Å². The Balaban J connectivity index is 2.21. The Kier molecular flexibility index (Phi) is 3.87. The molecule has 0 N–H and O–H groups in total. The molecule has 0 saturated heterocycles. The number of hydrogen-bond acceptors (Lipinski definition) is 2. The molecule has 0 spiro atoms. The number of carbonyl (C=O) groups is 1. The van der Waals surface area contributed by atoms with E-state index in [9.17, 15) is 9.18 Å². The molecule has 0 aliphatic carbocycles. The predicted octanol–water partition coefficient (Wildman–Crippen LogP) is 3.72. The van der Waals surface area contributed by atoms with Crippen LogP contribution in [0.5, 0.6) is 0 Å². The number of aryl methyl sites for hydroxylation is 1. The maximum Gasteiger partial charge on any atom is 0.167 e. The lowest BCUT2D eigenvalue weighted by Gasteiger charge is -2.03. The Bertz CT molecular complexity index is 578. The van der Waals surface area contributed by atoms with E-state index in [0.29, 0.717) is 15.6 Å². The largest absolute Gasteiger partial charge is 0.294 e. The highest BCUT2D eigenvalue weighted by Gasteiger charge is 2.09. The number of Topliss-reactive ketones (excluding diaryl/α,β-unsaturated/α-hetero) is 1. The summed E-state index contributed by atoms with van der Waals surface area (Å²) in [6.07, 6.45) is 1.78. The van der Waals surface area contributed by atoms with Crippen LogP contribution in [0.3, 0.4) is 0 Å². The summed E-state index contributed by atoms with van der Waals surface area (Å²) in [5, 5.41) is 0. The van der Waals surface area contributed by atoms with Crippen molar-refractivity contribution in [2.45, 2.75) is 13.3 Å². The van der Waals surface area contributed by atoms with Gasteiger partial charge in [0.1, 0.15) is 5.82 Å². The zero-order valence-corrected chi connectivity index (χ0v) is 11.4. The lowest BCUT2D eigenvalue weighted by molar-refractivity contribution is 0.0992. The molecule has 1 heterocycles. The minimum atomic E-state index is -0.349. The van der Waals surface area contributed by atoms with E-state index in [1.165, 1.54) is 12.1 Å². The predicted molar refractivity (Wildman–Crippen MR) is 71.1 cm³/mol. The van der Waals surface area contributed by atoms with Crippen LogP contribution in [0.4, 0.5) is 4.39 Å². The van der Waals surface area contributed by atoms with Gasteiger partial charge in [-0.25, -0.2) is 4.39 Å². The lowest BCUT2D eigenvalue weighted by Crippen LogP contribution is -2.04. The molecule has 1 aromatic heterocycles. The van der Waals surface area contributed by atoms with Crippen molar-refractivity contribution in [3.63, 3.8) is 0 Å². The molecule has 0 saturated carbocycles. The summed E-state index contributed by atoms with van der Waals surface area (Å²) in [4.78, 5) is 16.1. The van der Waals surface area contributed by atoms with Gasteiger partial charge >= 0.3 is 0 Å². The molecule has 1 aromatic carbocycles. The molecule has 0 aliphatic rings. The summed E-state index contributed by atoms with van der Waals surface area (Å²) < 4.78 is 13.8. The van der Waals surface area contributed by atoms with Crippen molar-refractivity contribution < 1.29 is 9.18 Å². The molecule has 0 fully saturated rings. The second-order valence-corrected chi connectivity index (χ2v) is 4.98. The molecule has 2 aromatic rings. The minimum absolute atomic E-state index is 0.0435. The first kappa shape index (κ1) is 12.9. The van der Waals surface area contributed by atoms with Crippen LogP contribution in [0.2, 0.25) is 0 Å². The van der Waals surface area contributed by atoms with Crippen molar-refractivity contribution in [3.05, 3.63) is 63.6 Å². The maximum atomic E-state index is 13.2. The Morgan fingerprint density at radius 2 is 2.11 bits per heavy atom. The number of aromatic nitrogens is 1. The van der Waals surface area contributed by atoms with Crippen molar-refractivity contribution >= 4 is 21.7 Å². The number of benzene rings is 1. The van der Waals surface area contributed by atoms with Crippen molar-refractivity contribution in [3.8, 4) is 0 Å². The second-order valence-electron chi connectivity index (χ2n) is 4.06. The highest BCUT2D eigenvalue weighted by Crippen LogP contribution is 2.16. The first-order valence-corrected chi connectivity index (χ1v) is 6.25. The van der Waals surface area contributed by atoms with E-state index in [1.54, 1.807) is 24.4 Å². The molecule has 0 unspecified atom stereocenters. The van der Waals surface area contributed by atoms with Crippen molar-refractivity contribution in [2.24, 2.45) is 0 Å². The van der Waals surface area contributed by atoms with Gasteiger partial charge in [0.2, 0.25) is 0 Å². The van der Waals surface area contributed by atoms with Gasteiger partial charge in [-0.2, -0.15) is 0 Å². The number of rotatable bonds is 3. The Labute approximate surface area is 113 Å². The molecule has 0 radical (unpaired) electrons. The number of nitrogens with zero attached hydrogens (tertiary/aromatic N) is 1. The quantitative estimate of drug-likeness (QED) is 0.809. The number of hydrogen-bond donors (Lipinski definition) is 0. The zero-order chi connectivity index (χ0) is 13.1. The SMILES string of the molecule is Cc1cc(C(=O)Cc2cc(F)cc(Br)c2)ccn1. The molecule has 2 nitrogen and oxygen atoms in total. The standard InChI is InChI=1S/C14H11BrFNO/c1-9-4-11(2-3-17-9)14(18)7-10-5-12(15)8-13(16)6-10/h2-6,8H,7H2,1H3. The second kappa shape index (κ2) is 5.40. The molecule has 0 amide bonds. The number of pyridine rings is 1. The third-order valence-electron chi connectivity index (χ3n) is 2.51. The van der Waals surface area contributed by atoms with E-state index in [2.05, 4.69) is 20.9 Å². The van der Waals surface area contributed by atoms with Gasteiger partial charge in [0.05, 0.1) is 0 Å². The van der Waals surface area contributed by atoms with Crippen LogP contribution in [-0.2, 0) is 6.42 Å². The first-order chi connectivity index (χ1) is 8.54. The molecule has 0 bridgehead atoms. The molecule has 4 heteroatoms. The number of halogens is 2. The van der Waals surface area contributed by atoms with Gasteiger partial charge in [0, 0.05) is 28.3 Å². The van der Waals surface area contributed by atoms with Crippen molar-refractivity contribution in [2.75, 3.05) is 0 Å². The maximum absolute atomic E-state index is 13.2. The summed E-state index contributed by atoms with van der Waals surface area (Å²) in [6.45, 7) is 1.83. The average Bonchev–Trinajstić information content (AvgIpc) is 2.27. The van der Waals surface area contributed by atoms with Gasteiger partial charge in [-0.15, -0.1) is 0 Å². The normalized spacial score (nSPS) is 10.4. The van der Waals surface area contributed by atoms with Gasteiger partial charge in [-0.05, 0) is 42.8 Å². The molecular formula is C14H11BrFNO. The molecule has 92 valence electrons. The van der Waals surface area contributed by atoms with Crippen LogP contribution < -0.4 is 0 Å². The Hall–Kier alpha value is -1.55. The fraction of sp³-hybridized carbons (Fsp3) is 0.143. The molecule has 2 rings (SSSR count). The molecule has 0 aliphatic heterocycles. The monoisotopic (exact) mass is 307 g/mol. The fourth-order valence-corrected chi connectivity index (χ4v) is 2.23. The average molecular weight is 308 g/mol. The third-order valence-corrected chi connectivity index (χ3v) is 2.96. The van der Waals surface area contributed by atoms with Crippen LogP contribution in [0.1, 0.15) is 21.6 Å². The molecule has 0 atom stereocenters. The molecule has 18 heavy (non-hydrogen) atoms. The first-order valence-electron chi connectivity index (χ1n) is 5.45. The number of carbonyl (C=O) groups excluding carboxylic acids is 1. The minimum Gasteiger partial charge on any atom is -0.294 e. The van der Waals surface area contributed by atoms with Crippen LogP contribution in [0, 0.1) is 12.7 Å². The topological polar surface area (TPSA) is 30.0 Å². The van der Waals surface area contributed by atoms with E-state index < -0.39 is 0 Å². The van der Waals surface area contributed by atoms with Gasteiger partial charge in [-0.3, -0.25) is 9.78 Å². The van der Waals surface area contributed by atoms with Gasteiger partial charge in [0.25, 0.3) is 0 Å². The van der Waals surface area contributed by atoms with Crippen LogP contribution >= 0.6 is 15.9 Å². The summed E-state index contributed by atoms with van der Waals surface area (Å²) in [5.41, 5.74) is 2.05. The van der Waals surface area contributed by atoms with Gasteiger partial charge in [-0.1, -0.05) is 15.9 Å². The number of ketones is 1. The van der Waals surface area contributed by atoms with E-state index in [-0.39, 0.29) is 18.0 Å². The van der Waals surface area contributed by atoms with Gasteiger partial charge in [0.15, 0.2) is 5.78 Å². The van der Waals surface area contributed by atoms with E-state index >= 15 is 0 Å². The fourth-order valence-electron chi connectivity index (χ4n) is 1.72. The molecular weight excluding hydrogens is 297 g/mol. The zero-order valence-electron chi connectivity index (χ0n) is 9.78. The van der Waals surface area contributed by atoms with E-state index in [1.807, 2.05) is 6.92 Å². The summed E-state index contributed by atoms with van der Waals surface area (Å²) in [6, 6.07) is 7.89. The van der Waals surface area contributed by atoms with Gasteiger partial charge < -0.3 is 0 Å². The Morgan fingerprint density at radius 3 is 2.78 bits per heavy atom. The summed E-state index contributed by atoms with van der Waals surface area (Å²) in [7, 11) is 0. The van der Waals surface area contributed by atoms with Crippen molar-refractivity contribution in [1.82, 2.24) is 4.98 Å². The summed E-state index contributed by atoms with van der Waals surface area (Å²) >= 11 is 3.21. The Morgan fingerprint density at radius 1 is 1.33 bits per heavy atom. The highest BCUT2D eigenvalue weighted by molar-refractivity contribution is 9.10. The van der Waals surface area contributed by atoms with E-state index in [4.69, 9.17) is 0 Å². The lowest BCUT2D eigenvalue weighted by atomic mass is 10.0. The highest BCUT2D eigenvalue weighted by atomic mass is 79.9. The van der Waals surface area contributed by atoms with Crippen molar-refractivity contribution in [1.29, 1.82) is 0 Å². The van der Waals surface area contributed by atoms with Crippen LogP contribution in [-0.4, -0.2) is 10.8 Å². The summed E-state index contributed by atoms with van der Waals surface area (Å²) in [5.74, 6) is -0.393. The smallest absolute Gasteiger partial charge is 0.167 e. The van der Waals surface area contributed by atoms with Crippen LogP contribution in [0.25, 0.3) is 0 Å². The third kappa shape index (κ3) is 3.23.